The Bertz CT molecular complexity index is 534. The molecule has 1 aromatic heterocycles. The SMILES string of the molecule is C=CCN(C)S(=O)(=O)c1cnn(CCNC2CC2)c1. The topological polar surface area (TPSA) is 67.2 Å². The summed E-state index contributed by atoms with van der Waals surface area (Å²) in [6, 6.07) is 0.650. The molecular formula is C12H20N4O2S. The summed E-state index contributed by atoms with van der Waals surface area (Å²) in [6.45, 7) is 5.32. The zero-order chi connectivity index (χ0) is 13.9. The minimum absolute atomic E-state index is 0.225. The maximum atomic E-state index is 12.1. The number of hydrogen-bond acceptors (Lipinski definition) is 4. The van der Waals surface area contributed by atoms with Crippen molar-refractivity contribution in [2.75, 3.05) is 20.1 Å². The van der Waals surface area contributed by atoms with Crippen LogP contribution in [-0.2, 0) is 16.6 Å². The van der Waals surface area contributed by atoms with E-state index in [4.69, 9.17) is 0 Å². The predicted molar refractivity (Wildman–Crippen MR) is 73.3 cm³/mol. The smallest absolute Gasteiger partial charge is 0.246 e. The standard InChI is InChI=1S/C12H20N4O2S/c1-3-7-15(2)19(17,18)12-9-14-16(10-12)8-6-13-11-4-5-11/h3,9-11,13H,1,4-8H2,2H3. The van der Waals surface area contributed by atoms with E-state index in [0.717, 1.165) is 6.54 Å². The van der Waals surface area contributed by atoms with E-state index < -0.39 is 10.0 Å². The molecule has 7 heteroatoms. The Morgan fingerprint density at radius 2 is 2.37 bits per heavy atom. The van der Waals surface area contributed by atoms with E-state index in [9.17, 15) is 8.42 Å². The Labute approximate surface area is 114 Å². The fraction of sp³-hybridized carbons (Fsp3) is 0.583. The highest BCUT2D eigenvalue weighted by atomic mass is 32.2. The molecule has 0 aromatic carbocycles. The molecule has 1 fully saturated rings. The van der Waals surface area contributed by atoms with E-state index >= 15 is 0 Å². The van der Waals surface area contributed by atoms with Crippen molar-refractivity contribution in [1.82, 2.24) is 19.4 Å². The van der Waals surface area contributed by atoms with Gasteiger partial charge in [-0.3, -0.25) is 4.68 Å². The van der Waals surface area contributed by atoms with Gasteiger partial charge in [-0.05, 0) is 12.8 Å². The Morgan fingerprint density at radius 3 is 3.00 bits per heavy atom. The number of likely N-dealkylation sites (N-methyl/N-ethyl adjacent to an activating group) is 1. The van der Waals surface area contributed by atoms with Gasteiger partial charge in [0, 0.05) is 32.4 Å². The molecule has 0 saturated heterocycles. The summed E-state index contributed by atoms with van der Waals surface area (Å²) in [7, 11) is -1.92. The summed E-state index contributed by atoms with van der Waals surface area (Å²) in [4.78, 5) is 0.225. The number of hydrogen-bond donors (Lipinski definition) is 1. The third-order valence-corrected chi connectivity index (χ3v) is 4.83. The second kappa shape index (κ2) is 5.85. The molecule has 1 aliphatic rings. The number of nitrogens with zero attached hydrogens (tertiary/aromatic N) is 3. The van der Waals surface area contributed by atoms with E-state index in [-0.39, 0.29) is 11.4 Å². The summed E-state index contributed by atoms with van der Waals surface area (Å²) in [5.74, 6) is 0. The molecule has 106 valence electrons. The maximum Gasteiger partial charge on any atom is 0.246 e. The second-order valence-corrected chi connectivity index (χ2v) is 6.79. The van der Waals surface area contributed by atoms with E-state index in [2.05, 4.69) is 17.0 Å². The van der Waals surface area contributed by atoms with Gasteiger partial charge in [0.2, 0.25) is 10.0 Å². The molecule has 0 bridgehead atoms. The zero-order valence-corrected chi connectivity index (χ0v) is 11.9. The van der Waals surface area contributed by atoms with E-state index in [1.165, 1.54) is 30.4 Å². The molecule has 0 atom stereocenters. The van der Waals surface area contributed by atoms with Crippen LogP contribution < -0.4 is 5.32 Å². The van der Waals surface area contributed by atoms with Crippen LogP contribution in [0.1, 0.15) is 12.8 Å². The number of sulfonamides is 1. The fourth-order valence-corrected chi connectivity index (χ4v) is 2.83. The average molecular weight is 284 g/mol. The molecule has 2 rings (SSSR count). The van der Waals surface area contributed by atoms with Crippen LogP contribution in [0, 0.1) is 0 Å². The lowest BCUT2D eigenvalue weighted by Crippen LogP contribution is -2.26. The third-order valence-electron chi connectivity index (χ3n) is 3.06. The van der Waals surface area contributed by atoms with Crippen LogP contribution in [0.25, 0.3) is 0 Å². The van der Waals surface area contributed by atoms with Crippen LogP contribution in [0.2, 0.25) is 0 Å². The number of rotatable bonds is 8. The summed E-state index contributed by atoms with van der Waals surface area (Å²) >= 11 is 0. The quantitative estimate of drug-likeness (QED) is 0.704. The minimum Gasteiger partial charge on any atom is -0.312 e. The van der Waals surface area contributed by atoms with Crippen LogP contribution in [0.15, 0.2) is 29.9 Å². The summed E-state index contributed by atoms with van der Waals surface area (Å²) in [5, 5.41) is 7.45. The minimum atomic E-state index is -3.45. The van der Waals surface area contributed by atoms with Gasteiger partial charge < -0.3 is 5.32 Å². The lowest BCUT2D eigenvalue weighted by atomic mass is 10.6. The van der Waals surface area contributed by atoms with E-state index in [0.29, 0.717) is 12.6 Å². The Balaban J connectivity index is 1.96. The molecule has 0 radical (unpaired) electrons. The van der Waals surface area contributed by atoms with Gasteiger partial charge >= 0.3 is 0 Å². The van der Waals surface area contributed by atoms with Crippen LogP contribution in [0.3, 0.4) is 0 Å². The van der Waals surface area contributed by atoms with Crippen LogP contribution in [0.5, 0.6) is 0 Å². The first-order valence-corrected chi connectivity index (χ1v) is 7.81. The third kappa shape index (κ3) is 3.65. The van der Waals surface area contributed by atoms with Crippen molar-refractivity contribution in [1.29, 1.82) is 0 Å². The maximum absolute atomic E-state index is 12.1. The van der Waals surface area contributed by atoms with Crippen molar-refractivity contribution in [2.24, 2.45) is 0 Å². The van der Waals surface area contributed by atoms with Gasteiger partial charge in [-0.25, -0.2) is 8.42 Å². The molecule has 0 spiro atoms. The second-order valence-electron chi connectivity index (χ2n) is 4.74. The van der Waals surface area contributed by atoms with Gasteiger partial charge in [0.25, 0.3) is 0 Å². The van der Waals surface area contributed by atoms with Gasteiger partial charge in [-0.1, -0.05) is 6.08 Å². The average Bonchev–Trinajstić information content (AvgIpc) is 3.05. The van der Waals surface area contributed by atoms with Crippen molar-refractivity contribution in [3.8, 4) is 0 Å². The first-order chi connectivity index (χ1) is 9.04. The Morgan fingerprint density at radius 1 is 1.63 bits per heavy atom. The molecular weight excluding hydrogens is 264 g/mol. The van der Waals surface area contributed by atoms with Gasteiger partial charge in [0.05, 0.1) is 12.7 Å². The van der Waals surface area contributed by atoms with Crippen molar-refractivity contribution < 1.29 is 8.42 Å². The monoisotopic (exact) mass is 284 g/mol. The summed E-state index contributed by atoms with van der Waals surface area (Å²) < 4.78 is 27.2. The molecule has 1 saturated carbocycles. The molecule has 1 heterocycles. The van der Waals surface area contributed by atoms with Gasteiger partial charge in [0.1, 0.15) is 4.90 Å². The highest BCUT2D eigenvalue weighted by Crippen LogP contribution is 2.18. The molecule has 0 aliphatic heterocycles. The van der Waals surface area contributed by atoms with Crippen LogP contribution >= 0.6 is 0 Å². The predicted octanol–water partition coefficient (Wildman–Crippen LogP) is 0.442. The largest absolute Gasteiger partial charge is 0.312 e. The normalized spacial score (nSPS) is 15.9. The number of aromatic nitrogens is 2. The summed E-state index contributed by atoms with van der Waals surface area (Å²) in [5.41, 5.74) is 0. The Hall–Kier alpha value is -1.18. The highest BCUT2D eigenvalue weighted by Gasteiger charge is 2.22. The van der Waals surface area contributed by atoms with Crippen LogP contribution in [-0.4, -0.2) is 48.7 Å². The van der Waals surface area contributed by atoms with Gasteiger partial charge in [-0.15, -0.1) is 6.58 Å². The van der Waals surface area contributed by atoms with Crippen molar-refractivity contribution in [3.63, 3.8) is 0 Å². The van der Waals surface area contributed by atoms with Crippen molar-refractivity contribution >= 4 is 10.0 Å². The molecule has 1 aliphatic carbocycles. The van der Waals surface area contributed by atoms with E-state index in [1.54, 1.807) is 17.0 Å². The molecule has 1 aromatic rings. The number of nitrogens with one attached hydrogen (secondary N) is 1. The lowest BCUT2D eigenvalue weighted by molar-refractivity contribution is 0.499. The van der Waals surface area contributed by atoms with Crippen LogP contribution in [0.4, 0.5) is 0 Å². The molecule has 19 heavy (non-hydrogen) atoms. The molecule has 0 amide bonds. The van der Waals surface area contributed by atoms with Crippen molar-refractivity contribution in [3.05, 3.63) is 25.0 Å². The first kappa shape index (κ1) is 14.2. The summed E-state index contributed by atoms with van der Waals surface area (Å²) in [6.07, 6.45) is 7.01. The molecule has 1 N–H and O–H groups in total. The van der Waals surface area contributed by atoms with Gasteiger partial charge in [0.15, 0.2) is 0 Å². The van der Waals surface area contributed by atoms with E-state index in [1.807, 2.05) is 0 Å². The van der Waals surface area contributed by atoms with Gasteiger partial charge in [-0.2, -0.15) is 9.40 Å². The zero-order valence-electron chi connectivity index (χ0n) is 11.1. The molecule has 0 unspecified atom stereocenters. The lowest BCUT2D eigenvalue weighted by Gasteiger charge is -2.13. The van der Waals surface area contributed by atoms with Crippen molar-refractivity contribution in [2.45, 2.75) is 30.3 Å². The highest BCUT2D eigenvalue weighted by molar-refractivity contribution is 7.89. The fourth-order valence-electron chi connectivity index (χ4n) is 1.73. The molecule has 6 nitrogen and oxygen atoms in total. The first-order valence-electron chi connectivity index (χ1n) is 6.37. The Kier molecular flexibility index (Phi) is 4.38.